The Kier molecular flexibility index (Phi) is 6.40. The minimum atomic E-state index is -4.46. The second kappa shape index (κ2) is 8.94. The molecular weight excluding hydrogens is 445 g/mol. The molecule has 1 amide bonds. The van der Waals surface area contributed by atoms with Crippen LogP contribution in [0.1, 0.15) is 40.3 Å². The van der Waals surface area contributed by atoms with Crippen LogP contribution in [0.2, 0.25) is 5.02 Å². The van der Waals surface area contributed by atoms with E-state index < -0.39 is 11.7 Å². The highest BCUT2D eigenvalue weighted by molar-refractivity contribution is 6.33. The number of hydrogen-bond donors (Lipinski definition) is 0. The van der Waals surface area contributed by atoms with Crippen LogP contribution in [0.4, 0.5) is 19.0 Å². The molecule has 10 heteroatoms. The van der Waals surface area contributed by atoms with Crippen molar-refractivity contribution in [2.45, 2.75) is 38.9 Å². The van der Waals surface area contributed by atoms with Gasteiger partial charge in [-0.1, -0.05) is 11.6 Å². The summed E-state index contributed by atoms with van der Waals surface area (Å²) in [6.45, 7) is 7.87. The Morgan fingerprint density at radius 3 is 2.28 bits per heavy atom. The van der Waals surface area contributed by atoms with Crippen molar-refractivity contribution in [1.82, 2.24) is 14.8 Å². The fourth-order valence-corrected chi connectivity index (χ4v) is 4.85. The molecule has 2 aliphatic heterocycles. The van der Waals surface area contributed by atoms with Gasteiger partial charge in [0, 0.05) is 51.5 Å². The standard InChI is InChI=1S/C22H26ClF3N4O2/c1-14-11-18(15(2)32-14)21(31)30-5-3-17(4-6-30)28-7-9-29(10-8-28)20-19(23)12-16(13-27-20)22(24,25)26/h11-13,17H,3-10H2,1-2H3. The van der Waals surface area contributed by atoms with E-state index in [-0.39, 0.29) is 10.9 Å². The fourth-order valence-electron chi connectivity index (χ4n) is 4.56. The highest BCUT2D eigenvalue weighted by atomic mass is 35.5. The van der Waals surface area contributed by atoms with Gasteiger partial charge in [-0.05, 0) is 38.8 Å². The molecule has 174 valence electrons. The zero-order chi connectivity index (χ0) is 23.0. The number of hydrogen-bond acceptors (Lipinski definition) is 5. The van der Waals surface area contributed by atoms with E-state index in [1.54, 1.807) is 6.07 Å². The lowest BCUT2D eigenvalue weighted by Gasteiger charge is -2.43. The predicted octanol–water partition coefficient (Wildman–Crippen LogP) is 4.39. The van der Waals surface area contributed by atoms with Gasteiger partial charge in [0.1, 0.15) is 17.3 Å². The lowest BCUT2D eigenvalue weighted by atomic mass is 10.0. The molecule has 2 saturated heterocycles. The highest BCUT2D eigenvalue weighted by Crippen LogP contribution is 2.34. The number of carbonyl (C=O) groups is 1. The van der Waals surface area contributed by atoms with Crippen LogP contribution in [0, 0.1) is 13.8 Å². The first kappa shape index (κ1) is 22.9. The van der Waals surface area contributed by atoms with E-state index in [0.717, 1.165) is 44.0 Å². The van der Waals surface area contributed by atoms with E-state index in [4.69, 9.17) is 16.0 Å². The zero-order valence-corrected chi connectivity index (χ0v) is 18.8. The van der Waals surface area contributed by atoms with Crippen LogP contribution in [-0.2, 0) is 6.18 Å². The van der Waals surface area contributed by atoms with Crippen LogP contribution in [0.15, 0.2) is 22.7 Å². The van der Waals surface area contributed by atoms with Gasteiger partial charge in [-0.3, -0.25) is 9.69 Å². The third-order valence-corrected chi connectivity index (χ3v) is 6.58. The smallest absolute Gasteiger partial charge is 0.417 e. The van der Waals surface area contributed by atoms with Crippen LogP contribution in [-0.4, -0.2) is 66.0 Å². The second-order valence-corrected chi connectivity index (χ2v) is 8.81. The number of piperidine rings is 1. The molecule has 4 rings (SSSR count). The molecule has 4 heterocycles. The maximum absolute atomic E-state index is 12.8. The van der Waals surface area contributed by atoms with Crippen LogP contribution in [0.5, 0.6) is 0 Å². The van der Waals surface area contributed by atoms with Crippen LogP contribution in [0.25, 0.3) is 0 Å². The Labute approximate surface area is 189 Å². The third-order valence-electron chi connectivity index (χ3n) is 6.30. The molecular formula is C22H26ClF3N4O2. The molecule has 2 fully saturated rings. The third kappa shape index (κ3) is 4.73. The van der Waals surface area contributed by atoms with E-state index >= 15 is 0 Å². The quantitative estimate of drug-likeness (QED) is 0.666. The molecule has 6 nitrogen and oxygen atoms in total. The summed E-state index contributed by atoms with van der Waals surface area (Å²) >= 11 is 6.10. The summed E-state index contributed by atoms with van der Waals surface area (Å²) in [5.74, 6) is 1.80. The van der Waals surface area contributed by atoms with E-state index in [1.807, 2.05) is 23.6 Å². The van der Waals surface area contributed by atoms with E-state index in [0.29, 0.717) is 49.4 Å². The van der Waals surface area contributed by atoms with Gasteiger partial charge in [-0.2, -0.15) is 13.2 Å². The van der Waals surface area contributed by atoms with Crippen molar-refractivity contribution in [3.05, 3.63) is 46.0 Å². The number of likely N-dealkylation sites (tertiary alicyclic amines) is 1. The normalized spacial score (nSPS) is 18.9. The lowest BCUT2D eigenvalue weighted by molar-refractivity contribution is -0.137. The fraction of sp³-hybridized carbons (Fsp3) is 0.545. The molecule has 0 N–H and O–H groups in total. The Balaban J connectivity index is 1.30. The summed E-state index contributed by atoms with van der Waals surface area (Å²) in [5, 5.41) is 0.0184. The average molecular weight is 471 g/mol. The zero-order valence-electron chi connectivity index (χ0n) is 18.1. The van der Waals surface area contributed by atoms with E-state index in [2.05, 4.69) is 9.88 Å². The van der Waals surface area contributed by atoms with Gasteiger partial charge in [-0.25, -0.2) is 4.98 Å². The van der Waals surface area contributed by atoms with E-state index in [1.165, 1.54) is 0 Å². The molecule has 2 aromatic heterocycles. The monoisotopic (exact) mass is 470 g/mol. The largest absolute Gasteiger partial charge is 0.466 e. The summed E-state index contributed by atoms with van der Waals surface area (Å²) in [6.07, 6.45) is -1.84. The number of furan rings is 1. The van der Waals surface area contributed by atoms with Crippen LogP contribution >= 0.6 is 11.6 Å². The number of pyridine rings is 1. The first-order valence-corrected chi connectivity index (χ1v) is 11.1. The van der Waals surface area contributed by atoms with Crippen molar-refractivity contribution in [3.63, 3.8) is 0 Å². The van der Waals surface area contributed by atoms with Gasteiger partial charge >= 0.3 is 6.18 Å². The van der Waals surface area contributed by atoms with Crippen LogP contribution in [0.3, 0.4) is 0 Å². The lowest BCUT2D eigenvalue weighted by Crippen LogP contribution is -2.54. The summed E-state index contributed by atoms with van der Waals surface area (Å²) in [7, 11) is 0. The number of nitrogens with zero attached hydrogens (tertiary/aromatic N) is 4. The molecule has 0 unspecified atom stereocenters. The Hall–Kier alpha value is -2.26. The minimum absolute atomic E-state index is 0.0184. The van der Waals surface area contributed by atoms with Gasteiger partial charge in [0.2, 0.25) is 0 Å². The number of aromatic nitrogens is 1. The molecule has 32 heavy (non-hydrogen) atoms. The molecule has 0 spiro atoms. The number of alkyl halides is 3. The second-order valence-electron chi connectivity index (χ2n) is 8.40. The first-order chi connectivity index (χ1) is 15.1. The number of anilines is 1. The maximum atomic E-state index is 12.8. The molecule has 2 aliphatic rings. The van der Waals surface area contributed by atoms with Crippen molar-refractivity contribution >= 4 is 23.3 Å². The topological polar surface area (TPSA) is 52.8 Å². The van der Waals surface area contributed by atoms with Crippen molar-refractivity contribution < 1.29 is 22.4 Å². The minimum Gasteiger partial charge on any atom is -0.466 e. The maximum Gasteiger partial charge on any atom is 0.417 e. The van der Waals surface area contributed by atoms with E-state index in [9.17, 15) is 18.0 Å². The number of aryl methyl sites for hydroxylation is 2. The number of carbonyl (C=O) groups excluding carboxylic acids is 1. The number of halogens is 4. The van der Waals surface area contributed by atoms with Gasteiger partial charge < -0.3 is 14.2 Å². The predicted molar refractivity (Wildman–Crippen MR) is 115 cm³/mol. The van der Waals surface area contributed by atoms with Crippen molar-refractivity contribution in [2.75, 3.05) is 44.2 Å². The van der Waals surface area contributed by atoms with Gasteiger partial charge in [0.05, 0.1) is 16.1 Å². The Morgan fingerprint density at radius 2 is 1.75 bits per heavy atom. The van der Waals surface area contributed by atoms with Crippen molar-refractivity contribution in [3.8, 4) is 0 Å². The van der Waals surface area contributed by atoms with Gasteiger partial charge in [0.25, 0.3) is 5.91 Å². The van der Waals surface area contributed by atoms with Gasteiger partial charge in [0.15, 0.2) is 0 Å². The summed E-state index contributed by atoms with van der Waals surface area (Å²) < 4.78 is 44.0. The molecule has 0 atom stereocenters. The summed E-state index contributed by atoms with van der Waals surface area (Å²) in [6, 6.07) is 3.11. The van der Waals surface area contributed by atoms with Crippen molar-refractivity contribution in [2.24, 2.45) is 0 Å². The molecule has 0 bridgehead atoms. The average Bonchev–Trinajstić information content (AvgIpc) is 3.10. The Morgan fingerprint density at radius 1 is 1.09 bits per heavy atom. The Bertz CT molecular complexity index is 978. The highest BCUT2D eigenvalue weighted by Gasteiger charge is 2.33. The molecule has 0 saturated carbocycles. The number of piperazine rings is 1. The van der Waals surface area contributed by atoms with Crippen molar-refractivity contribution in [1.29, 1.82) is 0 Å². The molecule has 0 aromatic carbocycles. The summed E-state index contributed by atoms with van der Waals surface area (Å²) in [4.78, 5) is 23.0. The molecule has 0 aliphatic carbocycles. The number of amides is 1. The molecule has 2 aromatic rings. The molecule has 0 radical (unpaired) electrons. The van der Waals surface area contributed by atoms with Gasteiger partial charge in [-0.15, -0.1) is 0 Å². The number of rotatable bonds is 3. The summed E-state index contributed by atoms with van der Waals surface area (Å²) in [5.41, 5.74) is -0.206. The SMILES string of the molecule is Cc1cc(C(=O)N2CCC(N3CCN(c4ncc(C(F)(F)F)cc4Cl)CC3)CC2)c(C)o1. The van der Waals surface area contributed by atoms with Crippen LogP contribution < -0.4 is 4.90 Å². The first-order valence-electron chi connectivity index (χ1n) is 10.7.